The molecule has 2 aliphatic heterocycles. The first kappa shape index (κ1) is 14.5. The van der Waals surface area contributed by atoms with Gasteiger partial charge in [0.05, 0.1) is 0 Å². The smallest absolute Gasteiger partial charge is 0.422 e. The Kier molecular flexibility index (Phi) is 3.97. The Morgan fingerprint density at radius 2 is 1.79 bits per heavy atom. The van der Waals surface area contributed by atoms with Gasteiger partial charge >= 0.3 is 12.3 Å². The van der Waals surface area contributed by atoms with Crippen LogP contribution in [0.1, 0.15) is 39.5 Å². The van der Waals surface area contributed by atoms with Gasteiger partial charge in [-0.1, -0.05) is 13.8 Å². The molecule has 2 bridgehead atoms. The number of nitrogens with zero attached hydrogens (tertiary/aromatic N) is 1. The average Bonchev–Trinajstić information content (AvgIpc) is 2.55. The highest BCUT2D eigenvalue weighted by molar-refractivity contribution is 5.69. The van der Waals surface area contributed by atoms with Crippen molar-refractivity contribution in [1.29, 1.82) is 0 Å². The van der Waals surface area contributed by atoms with Crippen LogP contribution in [0.15, 0.2) is 0 Å². The summed E-state index contributed by atoms with van der Waals surface area (Å²) in [5.74, 6) is 1.11. The molecular formula is C13H20F3NO2. The summed E-state index contributed by atoms with van der Waals surface area (Å²) < 4.78 is 40.6. The van der Waals surface area contributed by atoms with Crippen LogP contribution in [0.25, 0.3) is 0 Å². The molecular weight excluding hydrogens is 259 g/mol. The van der Waals surface area contributed by atoms with Crippen LogP contribution in [0.2, 0.25) is 0 Å². The normalized spacial score (nSPS) is 30.8. The van der Waals surface area contributed by atoms with E-state index in [1.54, 1.807) is 4.90 Å². The van der Waals surface area contributed by atoms with Crippen LogP contribution < -0.4 is 0 Å². The Labute approximate surface area is 111 Å². The second-order valence-electron chi connectivity index (χ2n) is 5.94. The van der Waals surface area contributed by atoms with Gasteiger partial charge in [0.25, 0.3) is 0 Å². The van der Waals surface area contributed by atoms with Gasteiger partial charge < -0.3 is 9.64 Å². The summed E-state index contributed by atoms with van der Waals surface area (Å²) in [5, 5.41) is 0. The topological polar surface area (TPSA) is 29.5 Å². The van der Waals surface area contributed by atoms with Gasteiger partial charge in [-0.2, -0.15) is 13.2 Å². The molecule has 0 spiro atoms. The number of alkyl halides is 3. The van der Waals surface area contributed by atoms with Crippen molar-refractivity contribution in [3.8, 4) is 0 Å². The molecule has 2 heterocycles. The number of amides is 1. The number of hydrogen-bond acceptors (Lipinski definition) is 2. The molecule has 0 aromatic carbocycles. The lowest BCUT2D eigenvalue weighted by molar-refractivity contribution is -0.163. The molecule has 2 rings (SSSR count). The Morgan fingerprint density at radius 3 is 2.21 bits per heavy atom. The van der Waals surface area contributed by atoms with Crippen LogP contribution in [0.3, 0.4) is 0 Å². The zero-order valence-electron chi connectivity index (χ0n) is 11.2. The second-order valence-corrected chi connectivity index (χ2v) is 5.94. The minimum Gasteiger partial charge on any atom is -0.440 e. The molecule has 0 aliphatic carbocycles. The predicted molar refractivity (Wildman–Crippen MR) is 63.6 cm³/mol. The highest BCUT2D eigenvalue weighted by Crippen LogP contribution is 2.41. The van der Waals surface area contributed by atoms with Crippen molar-refractivity contribution in [3.05, 3.63) is 0 Å². The highest BCUT2D eigenvalue weighted by Gasteiger charge is 2.45. The zero-order chi connectivity index (χ0) is 14.2. The fourth-order valence-electron chi connectivity index (χ4n) is 3.28. The summed E-state index contributed by atoms with van der Waals surface area (Å²) in [4.78, 5) is 13.3. The third-order valence-corrected chi connectivity index (χ3v) is 4.28. The first-order valence-corrected chi connectivity index (χ1v) is 6.79. The largest absolute Gasteiger partial charge is 0.440 e. The number of rotatable bonds is 2. The van der Waals surface area contributed by atoms with E-state index in [-0.39, 0.29) is 12.1 Å². The van der Waals surface area contributed by atoms with Gasteiger partial charge in [-0.25, -0.2) is 4.79 Å². The number of piperidine rings is 1. The lowest BCUT2D eigenvalue weighted by Crippen LogP contribution is -2.48. The molecule has 19 heavy (non-hydrogen) atoms. The third-order valence-electron chi connectivity index (χ3n) is 4.28. The van der Waals surface area contributed by atoms with Crippen molar-refractivity contribution < 1.29 is 22.7 Å². The average molecular weight is 279 g/mol. The fourth-order valence-corrected chi connectivity index (χ4v) is 3.28. The Morgan fingerprint density at radius 1 is 1.26 bits per heavy atom. The van der Waals surface area contributed by atoms with Crippen LogP contribution >= 0.6 is 0 Å². The van der Waals surface area contributed by atoms with Crippen molar-refractivity contribution in [1.82, 2.24) is 4.90 Å². The summed E-state index contributed by atoms with van der Waals surface area (Å²) in [6.07, 6.45) is -1.72. The predicted octanol–water partition coefficient (Wildman–Crippen LogP) is 3.58. The Balaban J connectivity index is 1.94. The quantitative estimate of drug-likeness (QED) is 0.773. The molecule has 6 heteroatoms. The van der Waals surface area contributed by atoms with Crippen molar-refractivity contribution in [3.63, 3.8) is 0 Å². The lowest BCUT2D eigenvalue weighted by atomic mass is 9.83. The molecule has 2 saturated heterocycles. The first-order valence-electron chi connectivity index (χ1n) is 6.79. The number of fused-ring (bicyclic) bond motifs is 2. The van der Waals surface area contributed by atoms with E-state index in [0.717, 1.165) is 25.7 Å². The van der Waals surface area contributed by atoms with Gasteiger partial charge in [0, 0.05) is 12.1 Å². The van der Waals surface area contributed by atoms with E-state index in [1.165, 1.54) is 0 Å². The first-order chi connectivity index (χ1) is 8.78. The molecule has 0 aromatic heterocycles. The standard InChI is InChI=1S/C13H20F3NO2/c1-8(2)9-5-10-3-4-11(6-9)17(10)12(18)19-7-13(14,15)16/h8-11H,3-7H2,1-2H3. The van der Waals surface area contributed by atoms with Gasteiger partial charge in [-0.05, 0) is 37.5 Å². The summed E-state index contributed by atoms with van der Waals surface area (Å²) in [7, 11) is 0. The molecule has 2 atom stereocenters. The maximum Gasteiger partial charge on any atom is 0.422 e. The van der Waals surface area contributed by atoms with E-state index in [2.05, 4.69) is 18.6 Å². The molecule has 1 amide bonds. The maximum atomic E-state index is 12.1. The van der Waals surface area contributed by atoms with Crippen molar-refractivity contribution in [2.45, 2.75) is 57.8 Å². The van der Waals surface area contributed by atoms with E-state index in [9.17, 15) is 18.0 Å². The van der Waals surface area contributed by atoms with Crippen LogP contribution in [-0.4, -0.2) is 35.9 Å². The van der Waals surface area contributed by atoms with E-state index in [4.69, 9.17) is 0 Å². The lowest BCUT2D eigenvalue weighted by Gasteiger charge is -2.39. The van der Waals surface area contributed by atoms with Gasteiger partial charge in [-0.15, -0.1) is 0 Å². The second kappa shape index (κ2) is 5.21. The third kappa shape index (κ3) is 3.34. The van der Waals surface area contributed by atoms with E-state index < -0.39 is 18.9 Å². The van der Waals surface area contributed by atoms with Gasteiger partial charge in [0.1, 0.15) is 0 Å². The van der Waals surface area contributed by atoms with Gasteiger partial charge in [0.2, 0.25) is 0 Å². The molecule has 0 radical (unpaired) electrons. The number of carbonyl (C=O) groups excluding carboxylic acids is 1. The minimum atomic E-state index is -4.45. The molecule has 3 nitrogen and oxygen atoms in total. The van der Waals surface area contributed by atoms with Crippen LogP contribution in [-0.2, 0) is 4.74 Å². The SMILES string of the molecule is CC(C)C1CC2CCC(C1)N2C(=O)OCC(F)(F)F. The Hall–Kier alpha value is -0.940. The van der Waals surface area contributed by atoms with E-state index in [0.29, 0.717) is 11.8 Å². The molecule has 0 N–H and O–H groups in total. The number of hydrogen-bond donors (Lipinski definition) is 0. The molecule has 110 valence electrons. The zero-order valence-corrected chi connectivity index (χ0v) is 11.2. The number of carbonyl (C=O) groups is 1. The van der Waals surface area contributed by atoms with Crippen molar-refractivity contribution in [2.24, 2.45) is 11.8 Å². The summed E-state index contributed by atoms with van der Waals surface area (Å²) in [6, 6.07) is 0.124. The van der Waals surface area contributed by atoms with Crippen molar-refractivity contribution >= 4 is 6.09 Å². The minimum absolute atomic E-state index is 0.0619. The molecule has 2 aliphatic rings. The molecule has 2 unspecified atom stereocenters. The van der Waals surface area contributed by atoms with E-state index >= 15 is 0 Å². The maximum absolute atomic E-state index is 12.1. The monoisotopic (exact) mass is 279 g/mol. The molecule has 0 aromatic rings. The summed E-state index contributed by atoms with van der Waals surface area (Å²) in [5.41, 5.74) is 0. The Bertz CT molecular complexity index is 329. The van der Waals surface area contributed by atoms with Crippen LogP contribution in [0.5, 0.6) is 0 Å². The van der Waals surface area contributed by atoms with Crippen LogP contribution in [0.4, 0.5) is 18.0 Å². The van der Waals surface area contributed by atoms with Crippen LogP contribution in [0, 0.1) is 11.8 Å². The van der Waals surface area contributed by atoms with Gasteiger partial charge in [0.15, 0.2) is 6.61 Å². The fraction of sp³-hybridized carbons (Fsp3) is 0.923. The summed E-state index contributed by atoms with van der Waals surface area (Å²) >= 11 is 0. The summed E-state index contributed by atoms with van der Waals surface area (Å²) in [6.45, 7) is 2.82. The molecule has 2 fully saturated rings. The number of halogens is 3. The van der Waals surface area contributed by atoms with E-state index in [1.807, 2.05) is 0 Å². The van der Waals surface area contributed by atoms with Crippen molar-refractivity contribution in [2.75, 3.05) is 6.61 Å². The number of ether oxygens (including phenoxy) is 1. The highest BCUT2D eigenvalue weighted by atomic mass is 19.4. The van der Waals surface area contributed by atoms with Gasteiger partial charge in [-0.3, -0.25) is 0 Å². The molecule has 0 saturated carbocycles.